The fraction of sp³-hybridized carbons (Fsp3) is 0.125. The van der Waals surface area contributed by atoms with Crippen molar-refractivity contribution in [1.29, 1.82) is 0 Å². The molecule has 0 radical (unpaired) electrons. The van der Waals surface area contributed by atoms with E-state index in [-0.39, 0.29) is 45.7 Å². The minimum Gasteiger partial charge on any atom is -0.508 e. The van der Waals surface area contributed by atoms with E-state index in [2.05, 4.69) is 0 Å². The van der Waals surface area contributed by atoms with E-state index in [0.717, 1.165) is 6.07 Å². The first kappa shape index (κ1) is 17.0. The highest BCUT2D eigenvalue weighted by Crippen LogP contribution is 2.27. The predicted octanol–water partition coefficient (Wildman–Crippen LogP) is 2.60. The van der Waals surface area contributed by atoms with Gasteiger partial charge in [-0.25, -0.2) is 0 Å². The van der Waals surface area contributed by atoms with Gasteiger partial charge in [-0.1, -0.05) is 6.07 Å². The number of carbonyl (C=O) groups is 2. The van der Waals surface area contributed by atoms with Gasteiger partial charge in [-0.3, -0.25) is 9.59 Å². The topological polar surface area (TPSA) is 115 Å². The van der Waals surface area contributed by atoms with Crippen LogP contribution in [0.5, 0.6) is 23.0 Å². The third-order valence-corrected chi connectivity index (χ3v) is 2.70. The van der Waals surface area contributed by atoms with Crippen LogP contribution in [0.15, 0.2) is 36.4 Å². The lowest BCUT2D eigenvalue weighted by molar-refractivity contribution is 0.101. The molecule has 2 aromatic carbocycles. The van der Waals surface area contributed by atoms with Crippen LogP contribution in [-0.2, 0) is 0 Å². The van der Waals surface area contributed by atoms with E-state index in [4.69, 9.17) is 10.2 Å². The molecule has 0 aliphatic rings. The maximum atomic E-state index is 11.0. The van der Waals surface area contributed by atoms with Crippen molar-refractivity contribution in [3.63, 3.8) is 0 Å². The van der Waals surface area contributed by atoms with Crippen LogP contribution in [-0.4, -0.2) is 32.0 Å². The molecule has 0 bridgehead atoms. The van der Waals surface area contributed by atoms with Gasteiger partial charge < -0.3 is 20.4 Å². The SMILES string of the molecule is CC(=O)c1cc(C(C)=O)c(O)cc1O.Oc1cccc(O)c1. The van der Waals surface area contributed by atoms with Crippen molar-refractivity contribution in [3.8, 4) is 23.0 Å². The summed E-state index contributed by atoms with van der Waals surface area (Å²) in [6.45, 7) is 2.55. The highest BCUT2D eigenvalue weighted by atomic mass is 16.3. The zero-order valence-corrected chi connectivity index (χ0v) is 12.1. The number of phenolic OH excluding ortho intramolecular Hbond substituents is 4. The summed E-state index contributed by atoms with van der Waals surface area (Å²) in [5.41, 5.74) is 0.0704. The molecule has 0 heterocycles. The average molecular weight is 304 g/mol. The van der Waals surface area contributed by atoms with Crippen molar-refractivity contribution < 1.29 is 30.0 Å². The van der Waals surface area contributed by atoms with E-state index in [1.54, 1.807) is 6.07 Å². The van der Waals surface area contributed by atoms with Crippen molar-refractivity contribution >= 4 is 11.6 Å². The number of phenols is 4. The molecule has 6 nitrogen and oxygen atoms in total. The van der Waals surface area contributed by atoms with Crippen molar-refractivity contribution in [2.24, 2.45) is 0 Å². The molecule has 2 rings (SSSR count). The van der Waals surface area contributed by atoms with E-state index in [0.29, 0.717) is 0 Å². The Morgan fingerprint density at radius 2 is 1.14 bits per heavy atom. The zero-order valence-electron chi connectivity index (χ0n) is 12.1. The van der Waals surface area contributed by atoms with Gasteiger partial charge in [0.1, 0.15) is 23.0 Å². The second kappa shape index (κ2) is 7.12. The smallest absolute Gasteiger partial charge is 0.163 e. The lowest BCUT2D eigenvalue weighted by atomic mass is 10.0. The summed E-state index contributed by atoms with van der Waals surface area (Å²) in [6, 6.07) is 8.03. The summed E-state index contributed by atoms with van der Waals surface area (Å²) in [6.07, 6.45) is 0. The van der Waals surface area contributed by atoms with Crippen LogP contribution in [0.25, 0.3) is 0 Å². The number of benzene rings is 2. The molecule has 0 aliphatic carbocycles. The van der Waals surface area contributed by atoms with Gasteiger partial charge in [-0.2, -0.15) is 0 Å². The normalized spacial score (nSPS) is 9.55. The third kappa shape index (κ3) is 4.52. The molecule has 22 heavy (non-hydrogen) atoms. The van der Waals surface area contributed by atoms with Crippen LogP contribution in [0.3, 0.4) is 0 Å². The van der Waals surface area contributed by atoms with E-state index in [9.17, 15) is 19.8 Å². The number of Topliss-reactive ketones (excluding diaryl/α,β-unsaturated/α-hetero) is 2. The molecule has 0 aromatic heterocycles. The van der Waals surface area contributed by atoms with Crippen molar-refractivity contribution in [2.45, 2.75) is 13.8 Å². The third-order valence-electron chi connectivity index (χ3n) is 2.70. The molecule has 0 amide bonds. The highest BCUT2D eigenvalue weighted by Gasteiger charge is 2.14. The molecule has 2 aromatic rings. The summed E-state index contributed by atoms with van der Waals surface area (Å²) in [5, 5.41) is 35.9. The molecule has 6 heteroatoms. The Hall–Kier alpha value is -3.02. The fourth-order valence-electron chi connectivity index (χ4n) is 1.63. The summed E-state index contributed by atoms with van der Waals surface area (Å²) in [7, 11) is 0. The van der Waals surface area contributed by atoms with E-state index in [1.807, 2.05) is 0 Å². The van der Waals surface area contributed by atoms with Gasteiger partial charge in [0, 0.05) is 12.1 Å². The average Bonchev–Trinajstić information content (AvgIpc) is 2.38. The summed E-state index contributed by atoms with van der Waals surface area (Å²) < 4.78 is 0. The minimum absolute atomic E-state index is 0.0352. The molecule has 0 fully saturated rings. The second-order valence-corrected chi connectivity index (χ2v) is 4.52. The number of hydrogen-bond donors (Lipinski definition) is 4. The van der Waals surface area contributed by atoms with Gasteiger partial charge in [-0.05, 0) is 32.0 Å². The molecule has 0 aliphatic heterocycles. The van der Waals surface area contributed by atoms with Gasteiger partial charge >= 0.3 is 0 Å². The molecule has 0 atom stereocenters. The molecule has 4 N–H and O–H groups in total. The first-order valence-electron chi connectivity index (χ1n) is 6.28. The molecular formula is C16H16O6. The molecule has 0 saturated carbocycles. The summed E-state index contributed by atoms with van der Waals surface area (Å²) >= 11 is 0. The minimum atomic E-state index is -0.356. The first-order chi connectivity index (χ1) is 10.2. The molecule has 116 valence electrons. The number of aromatic hydroxyl groups is 4. The van der Waals surface area contributed by atoms with Crippen molar-refractivity contribution in [2.75, 3.05) is 0 Å². The highest BCUT2D eigenvalue weighted by molar-refractivity contribution is 6.03. The van der Waals surface area contributed by atoms with Crippen LogP contribution >= 0.6 is 0 Å². The Labute approximate surface area is 126 Å². The summed E-state index contributed by atoms with van der Waals surface area (Å²) in [4.78, 5) is 22.0. The van der Waals surface area contributed by atoms with E-state index < -0.39 is 0 Å². The fourth-order valence-corrected chi connectivity index (χ4v) is 1.63. The standard InChI is InChI=1S/C10H10O4.C6H6O2/c1-5(11)7-3-8(6(2)12)10(14)4-9(7)13;7-5-2-1-3-6(8)4-5/h3-4,13-14H,1-2H3;1-4,7-8H. The second-order valence-electron chi connectivity index (χ2n) is 4.52. The number of hydrogen-bond acceptors (Lipinski definition) is 6. The zero-order chi connectivity index (χ0) is 16.9. The summed E-state index contributed by atoms with van der Waals surface area (Å²) in [5.74, 6) is -1.18. The van der Waals surface area contributed by atoms with Crippen LogP contribution < -0.4 is 0 Å². The molecule has 0 unspecified atom stereocenters. The van der Waals surface area contributed by atoms with Gasteiger partial charge in [0.05, 0.1) is 11.1 Å². The van der Waals surface area contributed by atoms with Crippen LogP contribution in [0.4, 0.5) is 0 Å². The Kier molecular flexibility index (Phi) is 5.51. The number of carbonyl (C=O) groups excluding carboxylic acids is 2. The van der Waals surface area contributed by atoms with Gasteiger partial charge in [0.25, 0.3) is 0 Å². The maximum Gasteiger partial charge on any atom is 0.163 e. The van der Waals surface area contributed by atoms with Crippen LogP contribution in [0, 0.1) is 0 Å². The molecule has 0 saturated heterocycles. The Bertz CT molecular complexity index is 653. The largest absolute Gasteiger partial charge is 0.508 e. The Morgan fingerprint density at radius 3 is 1.41 bits per heavy atom. The monoisotopic (exact) mass is 304 g/mol. The first-order valence-corrected chi connectivity index (χ1v) is 6.28. The Balaban J connectivity index is 0.000000255. The van der Waals surface area contributed by atoms with Crippen LogP contribution in [0.2, 0.25) is 0 Å². The van der Waals surface area contributed by atoms with Crippen LogP contribution in [0.1, 0.15) is 34.6 Å². The van der Waals surface area contributed by atoms with Gasteiger partial charge in [0.2, 0.25) is 0 Å². The van der Waals surface area contributed by atoms with Crippen molar-refractivity contribution in [1.82, 2.24) is 0 Å². The van der Waals surface area contributed by atoms with E-state index in [1.165, 1.54) is 38.1 Å². The molecule has 0 spiro atoms. The van der Waals surface area contributed by atoms with Gasteiger partial charge in [-0.15, -0.1) is 0 Å². The molecular weight excluding hydrogens is 288 g/mol. The van der Waals surface area contributed by atoms with Gasteiger partial charge in [0.15, 0.2) is 11.6 Å². The predicted molar refractivity (Wildman–Crippen MR) is 79.6 cm³/mol. The lowest BCUT2D eigenvalue weighted by Crippen LogP contribution is -1.99. The van der Waals surface area contributed by atoms with Crippen molar-refractivity contribution in [3.05, 3.63) is 47.5 Å². The number of ketones is 2. The maximum absolute atomic E-state index is 11.0. The van der Waals surface area contributed by atoms with E-state index >= 15 is 0 Å². The quantitative estimate of drug-likeness (QED) is 0.634. The Morgan fingerprint density at radius 1 is 0.727 bits per heavy atom. The lowest BCUT2D eigenvalue weighted by Gasteiger charge is -2.05. The number of rotatable bonds is 2.